The molecular formula is C15H10FNOS. The van der Waals surface area contributed by atoms with E-state index in [-0.39, 0.29) is 11.6 Å². The molecule has 0 atom stereocenters. The number of aromatic nitrogens is 1. The Hall–Kier alpha value is -2.20. The van der Waals surface area contributed by atoms with Crippen molar-refractivity contribution in [1.29, 1.82) is 0 Å². The van der Waals surface area contributed by atoms with Crippen molar-refractivity contribution in [3.63, 3.8) is 0 Å². The number of carbonyl (C=O) groups is 1. The minimum absolute atomic E-state index is 0.0926. The zero-order valence-electron chi connectivity index (χ0n) is 9.92. The van der Waals surface area contributed by atoms with Gasteiger partial charge in [0, 0.05) is 18.0 Å². The van der Waals surface area contributed by atoms with Gasteiger partial charge < -0.3 is 4.57 Å². The van der Waals surface area contributed by atoms with Crippen LogP contribution in [0.3, 0.4) is 0 Å². The maximum absolute atomic E-state index is 12.9. The third-order valence-corrected chi connectivity index (χ3v) is 3.76. The Morgan fingerprint density at radius 3 is 2.42 bits per heavy atom. The highest BCUT2D eigenvalue weighted by molar-refractivity contribution is 7.13. The van der Waals surface area contributed by atoms with E-state index in [1.54, 1.807) is 6.07 Å². The molecule has 2 heterocycles. The van der Waals surface area contributed by atoms with Crippen molar-refractivity contribution in [3.8, 4) is 5.00 Å². The van der Waals surface area contributed by atoms with Gasteiger partial charge in [-0.1, -0.05) is 0 Å². The van der Waals surface area contributed by atoms with E-state index in [9.17, 15) is 9.18 Å². The SMILES string of the molecule is O=C(c1ccc(F)cc1)c1ccsc1-n1cccc1. The van der Waals surface area contributed by atoms with Gasteiger partial charge in [-0.3, -0.25) is 4.79 Å². The second-order valence-corrected chi connectivity index (χ2v) is 4.96. The predicted octanol–water partition coefficient (Wildman–Crippen LogP) is 3.91. The fraction of sp³-hybridized carbons (Fsp3) is 0. The van der Waals surface area contributed by atoms with Crippen molar-refractivity contribution in [2.45, 2.75) is 0 Å². The van der Waals surface area contributed by atoms with Crippen molar-refractivity contribution in [2.24, 2.45) is 0 Å². The first-order valence-corrected chi connectivity index (χ1v) is 6.65. The van der Waals surface area contributed by atoms with Crippen LogP contribution in [0.5, 0.6) is 0 Å². The lowest BCUT2D eigenvalue weighted by Crippen LogP contribution is -2.03. The van der Waals surface area contributed by atoms with Gasteiger partial charge >= 0.3 is 0 Å². The number of ketones is 1. The molecule has 0 amide bonds. The molecule has 4 heteroatoms. The molecule has 0 N–H and O–H groups in total. The van der Waals surface area contributed by atoms with Gasteiger partial charge in [-0.15, -0.1) is 11.3 Å². The Kier molecular flexibility index (Phi) is 3.01. The van der Waals surface area contributed by atoms with Gasteiger partial charge in [0.2, 0.25) is 0 Å². The summed E-state index contributed by atoms with van der Waals surface area (Å²) in [5.74, 6) is -0.433. The van der Waals surface area contributed by atoms with Crippen LogP contribution in [0.4, 0.5) is 4.39 Å². The summed E-state index contributed by atoms with van der Waals surface area (Å²) in [5.41, 5.74) is 1.13. The molecule has 0 radical (unpaired) electrons. The van der Waals surface area contributed by atoms with Crippen molar-refractivity contribution < 1.29 is 9.18 Å². The van der Waals surface area contributed by atoms with Gasteiger partial charge in [0.15, 0.2) is 5.78 Å². The Labute approximate surface area is 113 Å². The van der Waals surface area contributed by atoms with Crippen LogP contribution in [0.1, 0.15) is 15.9 Å². The van der Waals surface area contributed by atoms with E-state index < -0.39 is 0 Å². The van der Waals surface area contributed by atoms with Gasteiger partial charge in [0.25, 0.3) is 0 Å². The van der Waals surface area contributed by atoms with Crippen LogP contribution in [0.25, 0.3) is 5.00 Å². The number of rotatable bonds is 3. The van der Waals surface area contributed by atoms with E-state index in [1.165, 1.54) is 35.6 Å². The Morgan fingerprint density at radius 1 is 1.05 bits per heavy atom. The number of benzene rings is 1. The van der Waals surface area contributed by atoms with Crippen LogP contribution >= 0.6 is 11.3 Å². The zero-order valence-corrected chi connectivity index (χ0v) is 10.7. The van der Waals surface area contributed by atoms with E-state index in [0.29, 0.717) is 11.1 Å². The lowest BCUT2D eigenvalue weighted by Gasteiger charge is -2.04. The van der Waals surface area contributed by atoms with Crippen molar-refractivity contribution in [1.82, 2.24) is 4.57 Å². The van der Waals surface area contributed by atoms with E-state index >= 15 is 0 Å². The number of thiophene rings is 1. The molecule has 19 heavy (non-hydrogen) atoms. The number of hydrogen-bond acceptors (Lipinski definition) is 2. The molecule has 0 saturated carbocycles. The average molecular weight is 271 g/mol. The summed E-state index contributed by atoms with van der Waals surface area (Å²) < 4.78 is 14.8. The molecular weight excluding hydrogens is 261 g/mol. The highest BCUT2D eigenvalue weighted by atomic mass is 32.1. The molecule has 0 saturated heterocycles. The number of hydrogen-bond donors (Lipinski definition) is 0. The van der Waals surface area contributed by atoms with Crippen LogP contribution in [0.15, 0.2) is 60.2 Å². The molecule has 0 aliphatic carbocycles. The van der Waals surface area contributed by atoms with Crippen molar-refractivity contribution in [2.75, 3.05) is 0 Å². The molecule has 0 aliphatic heterocycles. The summed E-state index contributed by atoms with van der Waals surface area (Å²) in [7, 11) is 0. The predicted molar refractivity (Wildman–Crippen MR) is 73.5 cm³/mol. The normalized spacial score (nSPS) is 10.6. The van der Waals surface area contributed by atoms with Crippen molar-refractivity contribution in [3.05, 3.63) is 77.2 Å². The molecule has 0 unspecified atom stereocenters. The third kappa shape index (κ3) is 2.22. The van der Waals surface area contributed by atoms with Crippen LogP contribution in [0.2, 0.25) is 0 Å². The Balaban J connectivity index is 2.01. The highest BCUT2D eigenvalue weighted by Gasteiger charge is 2.15. The number of carbonyl (C=O) groups excluding carboxylic acids is 1. The largest absolute Gasteiger partial charge is 0.315 e. The lowest BCUT2D eigenvalue weighted by atomic mass is 10.1. The first-order valence-electron chi connectivity index (χ1n) is 5.77. The first-order chi connectivity index (χ1) is 9.25. The molecule has 2 nitrogen and oxygen atoms in total. The van der Waals surface area contributed by atoms with E-state index in [1.807, 2.05) is 34.5 Å². The summed E-state index contributed by atoms with van der Waals surface area (Å²) in [6.45, 7) is 0. The summed E-state index contributed by atoms with van der Waals surface area (Å²) in [6, 6.07) is 11.2. The standard InChI is InChI=1S/C15H10FNOS/c16-12-5-3-11(4-6-12)14(18)13-7-10-19-15(13)17-8-1-2-9-17/h1-10H. The topological polar surface area (TPSA) is 22.0 Å². The second-order valence-electron chi connectivity index (χ2n) is 4.07. The zero-order chi connectivity index (χ0) is 13.2. The van der Waals surface area contributed by atoms with E-state index in [4.69, 9.17) is 0 Å². The van der Waals surface area contributed by atoms with Gasteiger partial charge in [0.1, 0.15) is 10.8 Å². The van der Waals surface area contributed by atoms with Gasteiger partial charge in [-0.2, -0.15) is 0 Å². The van der Waals surface area contributed by atoms with Crippen LogP contribution in [-0.2, 0) is 0 Å². The van der Waals surface area contributed by atoms with Gasteiger partial charge in [-0.25, -0.2) is 4.39 Å². The molecule has 2 aromatic heterocycles. The molecule has 0 aliphatic rings. The third-order valence-electron chi connectivity index (χ3n) is 2.83. The quantitative estimate of drug-likeness (QED) is 0.662. The summed E-state index contributed by atoms with van der Waals surface area (Å²) in [6.07, 6.45) is 3.79. The van der Waals surface area contributed by atoms with Gasteiger partial charge in [0.05, 0.1) is 5.56 Å². The monoisotopic (exact) mass is 271 g/mol. The molecule has 3 aromatic rings. The minimum atomic E-state index is -0.340. The van der Waals surface area contributed by atoms with Crippen molar-refractivity contribution >= 4 is 17.1 Å². The maximum Gasteiger partial charge on any atom is 0.196 e. The molecule has 0 fully saturated rings. The number of halogens is 1. The van der Waals surface area contributed by atoms with E-state index in [2.05, 4.69) is 0 Å². The van der Waals surface area contributed by atoms with Crippen LogP contribution in [0, 0.1) is 5.82 Å². The lowest BCUT2D eigenvalue weighted by molar-refractivity contribution is 0.103. The molecule has 0 bridgehead atoms. The molecule has 94 valence electrons. The smallest absolute Gasteiger partial charge is 0.196 e. The molecule has 3 rings (SSSR count). The number of nitrogens with zero attached hydrogens (tertiary/aromatic N) is 1. The summed E-state index contributed by atoms with van der Waals surface area (Å²) >= 11 is 1.50. The summed E-state index contributed by atoms with van der Waals surface area (Å²) in [4.78, 5) is 12.4. The molecule has 0 spiro atoms. The summed E-state index contributed by atoms with van der Waals surface area (Å²) in [5, 5.41) is 2.76. The van der Waals surface area contributed by atoms with Crippen LogP contribution < -0.4 is 0 Å². The second kappa shape index (κ2) is 4.82. The maximum atomic E-state index is 12.9. The van der Waals surface area contributed by atoms with Gasteiger partial charge in [-0.05, 0) is 47.8 Å². The Bertz CT molecular complexity index is 698. The molecule has 1 aromatic carbocycles. The van der Waals surface area contributed by atoms with E-state index in [0.717, 1.165) is 5.00 Å². The fourth-order valence-corrected chi connectivity index (χ4v) is 2.76. The Morgan fingerprint density at radius 2 is 1.74 bits per heavy atom. The fourth-order valence-electron chi connectivity index (χ4n) is 1.90. The highest BCUT2D eigenvalue weighted by Crippen LogP contribution is 2.24. The average Bonchev–Trinajstić information content (AvgIpc) is 3.09. The van der Waals surface area contributed by atoms with Crippen LogP contribution in [-0.4, -0.2) is 10.4 Å². The first kappa shape index (κ1) is 11.9. The minimum Gasteiger partial charge on any atom is -0.315 e.